The van der Waals surface area contributed by atoms with Crippen molar-refractivity contribution < 1.29 is 9.90 Å². The minimum absolute atomic E-state index is 0.548. The molecule has 0 aromatic carbocycles. The molecule has 82 valence electrons. The highest BCUT2D eigenvalue weighted by molar-refractivity contribution is 5.78. The summed E-state index contributed by atoms with van der Waals surface area (Å²) in [6.45, 7) is 4.36. The van der Waals surface area contributed by atoms with Gasteiger partial charge in [-0.05, 0) is 31.7 Å². The summed E-state index contributed by atoms with van der Waals surface area (Å²) in [5.74, 6) is 0.444. The Morgan fingerprint density at radius 1 is 1.57 bits per heavy atom. The molecule has 1 rings (SSSR count). The lowest BCUT2D eigenvalue weighted by Crippen LogP contribution is -2.53. The third-order valence-corrected chi connectivity index (χ3v) is 3.62. The van der Waals surface area contributed by atoms with E-state index in [1.807, 2.05) is 0 Å². The van der Waals surface area contributed by atoms with Crippen LogP contribution in [-0.4, -0.2) is 23.7 Å². The van der Waals surface area contributed by atoms with Crippen LogP contribution in [0.25, 0.3) is 0 Å². The molecule has 2 unspecified atom stereocenters. The highest BCUT2D eigenvalue weighted by Gasteiger charge is 2.42. The van der Waals surface area contributed by atoms with Crippen molar-refractivity contribution in [2.24, 2.45) is 11.8 Å². The quantitative estimate of drug-likeness (QED) is 0.729. The second-order valence-corrected chi connectivity index (χ2v) is 4.74. The second kappa shape index (κ2) is 4.30. The highest BCUT2D eigenvalue weighted by atomic mass is 16.4. The summed E-state index contributed by atoms with van der Waals surface area (Å²) < 4.78 is 0. The van der Waals surface area contributed by atoms with Crippen molar-refractivity contribution in [3.8, 4) is 0 Å². The van der Waals surface area contributed by atoms with Gasteiger partial charge in [-0.15, -0.1) is 0 Å². The van der Waals surface area contributed by atoms with E-state index in [4.69, 9.17) is 0 Å². The SMILES string of the molecule is CNC1(C(=O)O)CCCC(C(C)C)C1. The Balaban J connectivity index is 2.74. The molecule has 0 radical (unpaired) electrons. The molecule has 2 N–H and O–H groups in total. The minimum Gasteiger partial charge on any atom is -0.480 e. The van der Waals surface area contributed by atoms with Crippen LogP contribution in [0.1, 0.15) is 39.5 Å². The molecule has 0 amide bonds. The first kappa shape index (κ1) is 11.5. The van der Waals surface area contributed by atoms with Gasteiger partial charge in [0, 0.05) is 0 Å². The summed E-state index contributed by atoms with van der Waals surface area (Å²) in [5.41, 5.74) is -0.660. The van der Waals surface area contributed by atoms with Crippen LogP contribution in [0.3, 0.4) is 0 Å². The van der Waals surface area contributed by atoms with E-state index in [-0.39, 0.29) is 0 Å². The Morgan fingerprint density at radius 2 is 2.21 bits per heavy atom. The van der Waals surface area contributed by atoms with Gasteiger partial charge in [-0.3, -0.25) is 4.79 Å². The lowest BCUT2D eigenvalue weighted by molar-refractivity contribution is -0.147. The summed E-state index contributed by atoms with van der Waals surface area (Å²) in [6, 6.07) is 0. The van der Waals surface area contributed by atoms with E-state index < -0.39 is 11.5 Å². The summed E-state index contributed by atoms with van der Waals surface area (Å²) in [4.78, 5) is 11.2. The average Bonchev–Trinajstić information content (AvgIpc) is 2.17. The summed E-state index contributed by atoms with van der Waals surface area (Å²) in [7, 11) is 1.76. The molecule has 1 aliphatic rings. The fourth-order valence-electron chi connectivity index (χ4n) is 2.42. The largest absolute Gasteiger partial charge is 0.480 e. The standard InChI is InChI=1S/C11H21NO2/c1-8(2)9-5-4-6-11(7-9,12-3)10(13)14/h8-9,12H,4-7H2,1-3H3,(H,13,14). The zero-order chi connectivity index (χ0) is 10.8. The zero-order valence-electron chi connectivity index (χ0n) is 9.34. The molecule has 1 aliphatic carbocycles. The molecular weight excluding hydrogens is 178 g/mol. The van der Waals surface area contributed by atoms with E-state index >= 15 is 0 Å². The van der Waals surface area contributed by atoms with Crippen molar-refractivity contribution in [3.05, 3.63) is 0 Å². The van der Waals surface area contributed by atoms with Crippen molar-refractivity contribution >= 4 is 5.97 Å². The Hall–Kier alpha value is -0.570. The van der Waals surface area contributed by atoms with Gasteiger partial charge in [-0.25, -0.2) is 0 Å². The number of aliphatic carboxylic acids is 1. The van der Waals surface area contributed by atoms with Crippen LogP contribution in [0.5, 0.6) is 0 Å². The van der Waals surface area contributed by atoms with Gasteiger partial charge in [0.1, 0.15) is 5.54 Å². The van der Waals surface area contributed by atoms with Gasteiger partial charge >= 0.3 is 5.97 Å². The van der Waals surface area contributed by atoms with E-state index in [1.165, 1.54) is 6.42 Å². The van der Waals surface area contributed by atoms with Crippen molar-refractivity contribution in [2.75, 3.05) is 7.05 Å². The van der Waals surface area contributed by atoms with Crippen molar-refractivity contribution in [3.63, 3.8) is 0 Å². The van der Waals surface area contributed by atoms with Crippen LogP contribution in [-0.2, 0) is 4.79 Å². The molecule has 1 fully saturated rings. The average molecular weight is 199 g/mol. The Bertz CT molecular complexity index is 215. The summed E-state index contributed by atoms with van der Waals surface area (Å²) in [5, 5.41) is 12.2. The van der Waals surface area contributed by atoms with Crippen molar-refractivity contribution in [1.29, 1.82) is 0 Å². The van der Waals surface area contributed by atoms with Gasteiger partial charge in [-0.2, -0.15) is 0 Å². The molecule has 3 nitrogen and oxygen atoms in total. The fourth-order valence-corrected chi connectivity index (χ4v) is 2.42. The number of rotatable bonds is 3. The first-order valence-electron chi connectivity index (χ1n) is 5.44. The number of nitrogens with one attached hydrogen (secondary N) is 1. The number of carboxylic acids is 1. The molecule has 3 heteroatoms. The predicted octanol–water partition coefficient (Wildman–Crippen LogP) is 1.88. The zero-order valence-corrected chi connectivity index (χ0v) is 9.34. The Morgan fingerprint density at radius 3 is 2.64 bits per heavy atom. The molecule has 0 spiro atoms. The van der Waals surface area contributed by atoms with Crippen LogP contribution in [0, 0.1) is 11.8 Å². The number of carbonyl (C=O) groups is 1. The lowest BCUT2D eigenvalue weighted by atomic mass is 9.72. The number of hydrogen-bond acceptors (Lipinski definition) is 2. The van der Waals surface area contributed by atoms with Crippen LogP contribution in [0.15, 0.2) is 0 Å². The maximum atomic E-state index is 11.2. The van der Waals surface area contributed by atoms with Gasteiger partial charge in [-0.1, -0.05) is 26.7 Å². The molecule has 0 aromatic rings. The molecule has 0 bridgehead atoms. The lowest BCUT2D eigenvalue weighted by Gasteiger charge is -2.39. The van der Waals surface area contributed by atoms with Crippen LogP contribution in [0.2, 0.25) is 0 Å². The number of likely N-dealkylation sites (N-methyl/N-ethyl adjacent to an activating group) is 1. The van der Waals surface area contributed by atoms with Crippen LogP contribution >= 0.6 is 0 Å². The van der Waals surface area contributed by atoms with Gasteiger partial charge < -0.3 is 10.4 Å². The molecular formula is C11H21NO2. The monoisotopic (exact) mass is 199 g/mol. The van der Waals surface area contributed by atoms with Gasteiger partial charge in [0.05, 0.1) is 0 Å². The van der Waals surface area contributed by atoms with Gasteiger partial charge in [0.25, 0.3) is 0 Å². The first-order valence-corrected chi connectivity index (χ1v) is 5.44. The van der Waals surface area contributed by atoms with E-state index in [2.05, 4.69) is 19.2 Å². The number of hydrogen-bond donors (Lipinski definition) is 2. The maximum Gasteiger partial charge on any atom is 0.323 e. The maximum absolute atomic E-state index is 11.2. The fraction of sp³-hybridized carbons (Fsp3) is 0.909. The van der Waals surface area contributed by atoms with Crippen LogP contribution < -0.4 is 5.32 Å². The van der Waals surface area contributed by atoms with Gasteiger partial charge in [0.2, 0.25) is 0 Å². The molecule has 0 heterocycles. The molecule has 1 saturated carbocycles. The minimum atomic E-state index is -0.689. The Labute approximate surface area is 85.9 Å². The molecule has 0 saturated heterocycles. The third kappa shape index (κ3) is 2.08. The molecule has 0 aliphatic heterocycles. The smallest absolute Gasteiger partial charge is 0.323 e. The van der Waals surface area contributed by atoms with Crippen molar-refractivity contribution in [2.45, 2.75) is 45.1 Å². The van der Waals surface area contributed by atoms with Crippen molar-refractivity contribution in [1.82, 2.24) is 5.32 Å². The van der Waals surface area contributed by atoms with Crippen LogP contribution in [0.4, 0.5) is 0 Å². The van der Waals surface area contributed by atoms with E-state index in [1.54, 1.807) is 7.05 Å². The van der Waals surface area contributed by atoms with Gasteiger partial charge in [0.15, 0.2) is 0 Å². The topological polar surface area (TPSA) is 49.3 Å². The van der Waals surface area contributed by atoms with E-state index in [9.17, 15) is 9.90 Å². The molecule has 0 aromatic heterocycles. The first-order chi connectivity index (χ1) is 6.52. The third-order valence-electron chi connectivity index (χ3n) is 3.62. The van der Waals surface area contributed by atoms with E-state index in [0.717, 1.165) is 19.3 Å². The molecule has 2 atom stereocenters. The second-order valence-electron chi connectivity index (χ2n) is 4.74. The Kier molecular flexibility index (Phi) is 3.53. The number of carboxylic acid groups (broad SMARTS) is 1. The normalized spacial score (nSPS) is 33.3. The predicted molar refractivity (Wildman–Crippen MR) is 56.2 cm³/mol. The van der Waals surface area contributed by atoms with E-state index in [0.29, 0.717) is 11.8 Å². The highest BCUT2D eigenvalue weighted by Crippen LogP contribution is 2.36. The summed E-state index contributed by atoms with van der Waals surface area (Å²) >= 11 is 0. The molecule has 14 heavy (non-hydrogen) atoms. The summed E-state index contributed by atoms with van der Waals surface area (Å²) in [6.07, 6.45) is 3.74.